The Labute approximate surface area is 250 Å². The molecule has 8 heteroatoms. The lowest BCUT2D eigenvalue weighted by atomic mass is 9.86. The smallest absolute Gasteiger partial charge is 0.338 e. The first kappa shape index (κ1) is 33.0. The summed E-state index contributed by atoms with van der Waals surface area (Å²) in [6.07, 6.45) is 11.7. The predicted octanol–water partition coefficient (Wildman–Crippen LogP) is 6.23. The molecule has 1 amide bonds. The van der Waals surface area contributed by atoms with Gasteiger partial charge in [-0.3, -0.25) is 9.59 Å². The molecule has 1 fully saturated rings. The van der Waals surface area contributed by atoms with Crippen LogP contribution >= 0.6 is 0 Å². The summed E-state index contributed by atoms with van der Waals surface area (Å²) >= 11 is 0. The zero-order chi connectivity index (χ0) is 30.0. The van der Waals surface area contributed by atoms with Crippen LogP contribution in [0.1, 0.15) is 92.6 Å². The van der Waals surface area contributed by atoms with Crippen LogP contribution < -0.4 is 14.8 Å². The molecule has 3 rings (SSSR count). The number of ether oxygens (including phenoxy) is 4. The van der Waals surface area contributed by atoms with E-state index in [-0.39, 0.29) is 31.3 Å². The molecule has 1 aliphatic carbocycles. The summed E-state index contributed by atoms with van der Waals surface area (Å²) in [7, 11) is 1.34. The number of methoxy groups -OCH3 is 1. The van der Waals surface area contributed by atoms with Crippen molar-refractivity contribution in [1.29, 1.82) is 0 Å². The van der Waals surface area contributed by atoms with Crippen molar-refractivity contribution in [3.8, 4) is 11.5 Å². The molecule has 0 unspecified atom stereocenters. The van der Waals surface area contributed by atoms with Crippen molar-refractivity contribution >= 4 is 17.8 Å². The van der Waals surface area contributed by atoms with Gasteiger partial charge in [0.15, 0.2) is 0 Å². The second-order valence-corrected chi connectivity index (χ2v) is 10.8. The molecule has 230 valence electrons. The highest BCUT2D eigenvalue weighted by atomic mass is 16.5. The zero-order valence-electron chi connectivity index (χ0n) is 25.3. The monoisotopic (exact) mass is 581 g/mol. The number of hydrogen-bond donors (Lipinski definition) is 1. The van der Waals surface area contributed by atoms with Gasteiger partial charge in [-0.15, -0.1) is 0 Å². The van der Waals surface area contributed by atoms with Crippen molar-refractivity contribution in [2.75, 3.05) is 33.5 Å². The first-order valence-corrected chi connectivity index (χ1v) is 15.5. The normalized spacial score (nSPS) is 13.3. The van der Waals surface area contributed by atoms with Gasteiger partial charge in [-0.05, 0) is 80.8 Å². The van der Waals surface area contributed by atoms with E-state index in [1.807, 2.05) is 12.1 Å². The molecule has 0 spiro atoms. The van der Waals surface area contributed by atoms with Crippen LogP contribution in [0.4, 0.5) is 0 Å². The van der Waals surface area contributed by atoms with Gasteiger partial charge in [-0.1, -0.05) is 44.2 Å². The Morgan fingerprint density at radius 2 is 1.67 bits per heavy atom. The maximum Gasteiger partial charge on any atom is 0.338 e. The lowest BCUT2D eigenvalue weighted by Crippen LogP contribution is -2.27. The first-order valence-electron chi connectivity index (χ1n) is 15.5. The minimum Gasteiger partial charge on any atom is -0.494 e. The van der Waals surface area contributed by atoms with E-state index in [1.54, 1.807) is 25.1 Å². The van der Waals surface area contributed by atoms with Crippen LogP contribution in [0.25, 0.3) is 0 Å². The van der Waals surface area contributed by atoms with E-state index in [0.29, 0.717) is 36.4 Å². The Hall–Kier alpha value is -3.55. The van der Waals surface area contributed by atoms with Crippen molar-refractivity contribution in [1.82, 2.24) is 5.32 Å². The molecule has 1 aliphatic rings. The number of hydrogen-bond acceptors (Lipinski definition) is 7. The number of amides is 1. The van der Waals surface area contributed by atoms with Gasteiger partial charge in [-0.2, -0.15) is 0 Å². The lowest BCUT2D eigenvalue weighted by Gasteiger charge is -2.21. The molecule has 1 N–H and O–H groups in total. The number of benzene rings is 2. The van der Waals surface area contributed by atoms with E-state index in [2.05, 4.69) is 22.2 Å². The van der Waals surface area contributed by atoms with Crippen molar-refractivity contribution in [2.24, 2.45) is 5.92 Å². The minimum absolute atomic E-state index is 0.0446. The van der Waals surface area contributed by atoms with Gasteiger partial charge in [0.1, 0.15) is 11.5 Å². The lowest BCUT2D eigenvalue weighted by molar-refractivity contribution is -0.140. The summed E-state index contributed by atoms with van der Waals surface area (Å²) in [5, 5.41) is 2.81. The summed E-state index contributed by atoms with van der Waals surface area (Å²) in [4.78, 5) is 36.1. The van der Waals surface area contributed by atoms with Crippen LogP contribution in [0.5, 0.6) is 11.5 Å². The van der Waals surface area contributed by atoms with Crippen LogP contribution in [0.15, 0.2) is 42.5 Å². The van der Waals surface area contributed by atoms with Crippen molar-refractivity contribution in [3.63, 3.8) is 0 Å². The van der Waals surface area contributed by atoms with E-state index >= 15 is 0 Å². The molecular formula is C34H47NO7. The summed E-state index contributed by atoms with van der Waals surface area (Å²) in [6, 6.07) is 13.3. The summed E-state index contributed by atoms with van der Waals surface area (Å²) in [5.41, 5.74) is 2.18. The molecule has 0 aromatic heterocycles. The molecule has 0 aliphatic heterocycles. The highest BCUT2D eigenvalue weighted by Gasteiger charge is 2.15. The topological polar surface area (TPSA) is 100 Å². The zero-order valence-corrected chi connectivity index (χ0v) is 25.3. The molecule has 0 bridgehead atoms. The fourth-order valence-electron chi connectivity index (χ4n) is 5.25. The average molecular weight is 582 g/mol. The fraction of sp³-hybridized carbons (Fsp3) is 0.559. The summed E-state index contributed by atoms with van der Waals surface area (Å²) < 4.78 is 21.7. The van der Waals surface area contributed by atoms with Crippen LogP contribution in [0.2, 0.25) is 0 Å². The molecule has 1 saturated carbocycles. The number of carbonyl (C=O) groups is 3. The van der Waals surface area contributed by atoms with Gasteiger partial charge < -0.3 is 24.3 Å². The first-order chi connectivity index (χ1) is 20.5. The van der Waals surface area contributed by atoms with E-state index in [4.69, 9.17) is 14.2 Å². The number of aryl methyl sites for hydroxylation is 1. The molecule has 0 atom stereocenters. The molecular weight excluding hydrogens is 534 g/mol. The Morgan fingerprint density at radius 1 is 0.905 bits per heavy atom. The van der Waals surface area contributed by atoms with E-state index in [9.17, 15) is 14.4 Å². The minimum atomic E-state index is -0.444. The van der Waals surface area contributed by atoms with Crippen molar-refractivity contribution in [2.45, 2.75) is 84.0 Å². The maximum absolute atomic E-state index is 12.6. The SMILES string of the molecule is CCOC(=O)c1ccc(OCCCc2ccc(OCCCC3CCCCC3)cc2)c(CC(=O)NCCCC(=O)OC)c1. The number of carbonyl (C=O) groups excluding carboxylic acids is 3. The molecule has 2 aromatic rings. The second kappa shape index (κ2) is 18.8. The number of nitrogens with one attached hydrogen (secondary N) is 1. The van der Waals surface area contributed by atoms with Gasteiger partial charge in [0.25, 0.3) is 0 Å². The van der Waals surface area contributed by atoms with Gasteiger partial charge in [0.05, 0.1) is 38.9 Å². The highest BCUT2D eigenvalue weighted by Crippen LogP contribution is 2.27. The molecule has 8 nitrogen and oxygen atoms in total. The maximum atomic E-state index is 12.6. The third-order valence-corrected chi connectivity index (χ3v) is 7.57. The van der Waals surface area contributed by atoms with E-state index in [0.717, 1.165) is 37.5 Å². The van der Waals surface area contributed by atoms with Crippen LogP contribution in [0.3, 0.4) is 0 Å². The van der Waals surface area contributed by atoms with Crippen LogP contribution in [-0.4, -0.2) is 51.3 Å². The Morgan fingerprint density at radius 3 is 2.40 bits per heavy atom. The largest absolute Gasteiger partial charge is 0.494 e. The predicted molar refractivity (Wildman–Crippen MR) is 162 cm³/mol. The van der Waals surface area contributed by atoms with E-state index < -0.39 is 5.97 Å². The standard InChI is InChI=1S/C34H47NO7/c1-3-40-34(38)28-17-20-31(29(24-28)25-32(36)35-21-7-14-33(37)39-2)42-23-9-13-27-15-18-30(19-16-27)41-22-8-12-26-10-5-4-6-11-26/h15-20,24,26H,3-14,21-23,25H2,1-2H3,(H,35,36). The molecule has 0 saturated heterocycles. The highest BCUT2D eigenvalue weighted by molar-refractivity contribution is 5.90. The van der Waals surface area contributed by atoms with Crippen molar-refractivity contribution in [3.05, 3.63) is 59.2 Å². The Balaban J connectivity index is 1.44. The fourth-order valence-corrected chi connectivity index (χ4v) is 5.25. The van der Waals surface area contributed by atoms with Crippen LogP contribution in [0, 0.1) is 5.92 Å². The molecule has 0 radical (unpaired) electrons. The third-order valence-electron chi connectivity index (χ3n) is 7.57. The summed E-state index contributed by atoms with van der Waals surface area (Å²) in [6.45, 7) is 3.60. The second-order valence-electron chi connectivity index (χ2n) is 10.8. The average Bonchev–Trinajstić information content (AvgIpc) is 3.01. The third kappa shape index (κ3) is 12.1. The van der Waals surface area contributed by atoms with Gasteiger partial charge >= 0.3 is 11.9 Å². The number of esters is 2. The van der Waals surface area contributed by atoms with Crippen molar-refractivity contribution < 1.29 is 33.3 Å². The quantitative estimate of drug-likeness (QED) is 0.165. The molecule has 0 heterocycles. The molecule has 42 heavy (non-hydrogen) atoms. The molecule has 2 aromatic carbocycles. The Bertz CT molecular complexity index is 1110. The van der Waals surface area contributed by atoms with Crippen LogP contribution in [-0.2, 0) is 31.9 Å². The van der Waals surface area contributed by atoms with Gasteiger partial charge in [0.2, 0.25) is 5.91 Å². The summed E-state index contributed by atoms with van der Waals surface area (Å²) in [5.74, 6) is 1.38. The van der Waals surface area contributed by atoms with E-state index in [1.165, 1.54) is 51.2 Å². The van der Waals surface area contributed by atoms with Gasteiger partial charge in [0, 0.05) is 18.5 Å². The Kier molecular flexibility index (Phi) is 14.7. The van der Waals surface area contributed by atoms with Gasteiger partial charge in [-0.25, -0.2) is 4.79 Å². The number of rotatable bonds is 18.